The monoisotopic (exact) mass is 470 g/mol. The summed E-state index contributed by atoms with van der Waals surface area (Å²) < 4.78 is 11.2. The van der Waals surface area contributed by atoms with Crippen LogP contribution in [-0.2, 0) is 4.65 Å². The van der Waals surface area contributed by atoms with Gasteiger partial charge in [0.2, 0.25) is 0 Å². The highest BCUT2D eigenvalue weighted by Gasteiger charge is 2.59. The molecule has 0 unspecified atom stereocenters. The van der Waals surface area contributed by atoms with Gasteiger partial charge < -0.3 is 9.31 Å². The standard InChI is InChI=1S/C27H25BClN3O2/c1-26(2)27(3,4)34-28(33-26)21-15-20(16-22(29)17-21)25-31-23(18-11-7-5-8-12-18)30-24(32-25)19-13-9-6-10-14-19/h5-17H,1-4H3/p+1. The highest BCUT2D eigenvalue weighted by atomic mass is 35.5. The maximum Gasteiger partial charge on any atom is 0.732 e. The van der Waals surface area contributed by atoms with Crippen LogP contribution in [0.3, 0.4) is 0 Å². The molecule has 3 aromatic carbocycles. The molecule has 34 heavy (non-hydrogen) atoms. The van der Waals surface area contributed by atoms with Crippen LogP contribution < -0.4 is 5.46 Å². The minimum Gasteiger partial charge on any atom is -0.505 e. The number of hydrogen-bond donors (Lipinski definition) is 0. The van der Waals surface area contributed by atoms with E-state index in [1.807, 2.05) is 78.9 Å². The average Bonchev–Trinajstić information content (AvgIpc) is 3.06. The van der Waals surface area contributed by atoms with E-state index in [4.69, 9.17) is 35.9 Å². The summed E-state index contributed by atoms with van der Waals surface area (Å²) in [6, 6.07) is 25.6. The number of hydrogen-bond acceptors (Lipinski definition) is 4. The van der Waals surface area contributed by atoms with Crippen molar-refractivity contribution in [2.45, 2.75) is 38.9 Å². The zero-order valence-corrected chi connectivity index (χ0v) is 20.4. The molecule has 170 valence electrons. The van der Waals surface area contributed by atoms with E-state index in [2.05, 4.69) is 27.7 Å². The largest absolute Gasteiger partial charge is 0.732 e. The molecule has 0 atom stereocenters. The van der Waals surface area contributed by atoms with Crippen LogP contribution in [0.25, 0.3) is 34.2 Å². The van der Waals surface area contributed by atoms with Gasteiger partial charge in [0, 0.05) is 35.6 Å². The maximum absolute atomic E-state index is 6.57. The molecule has 0 saturated carbocycles. The van der Waals surface area contributed by atoms with Gasteiger partial charge >= 0.3 is 7.12 Å². The predicted octanol–water partition coefficient (Wildman–Crippen LogP) is 5.34. The lowest BCUT2D eigenvalue weighted by Crippen LogP contribution is -2.43. The van der Waals surface area contributed by atoms with E-state index in [-0.39, 0.29) is 5.60 Å². The van der Waals surface area contributed by atoms with Gasteiger partial charge in [0.15, 0.2) is 23.1 Å². The van der Waals surface area contributed by atoms with Crippen LogP contribution in [0, 0.1) is 0 Å². The smallest absolute Gasteiger partial charge is 0.505 e. The fraction of sp³-hybridized carbons (Fsp3) is 0.222. The van der Waals surface area contributed by atoms with Crippen molar-refractivity contribution < 1.29 is 9.31 Å². The van der Waals surface area contributed by atoms with E-state index >= 15 is 0 Å². The molecule has 0 spiro atoms. The molecular formula is C27H26BClN3O2+. The van der Waals surface area contributed by atoms with Gasteiger partial charge in [-0.2, -0.15) is 0 Å². The van der Waals surface area contributed by atoms with Crippen molar-refractivity contribution in [2.75, 3.05) is 0 Å². The Bertz CT molecular complexity index is 1260. The lowest BCUT2D eigenvalue weighted by atomic mass is 9.78. The van der Waals surface area contributed by atoms with E-state index in [0.717, 1.165) is 22.2 Å². The van der Waals surface area contributed by atoms with Gasteiger partial charge in [-0.15, -0.1) is 0 Å². The second kappa shape index (κ2) is 8.62. The van der Waals surface area contributed by atoms with Gasteiger partial charge in [-0.05, 0) is 32.0 Å². The summed E-state index contributed by atoms with van der Waals surface area (Å²) in [5.74, 6) is 1.76. The predicted molar refractivity (Wildman–Crippen MR) is 138 cm³/mol. The van der Waals surface area contributed by atoms with E-state index in [9.17, 15) is 0 Å². The molecule has 7 heteroatoms. The van der Waals surface area contributed by atoms with Crippen LogP contribution in [0.15, 0.2) is 78.9 Å². The van der Waals surface area contributed by atoms with Crippen molar-refractivity contribution in [1.82, 2.24) is 15.0 Å². The third-order valence-corrected chi connectivity index (χ3v) is 6.70. The highest BCUT2D eigenvalue weighted by molar-refractivity contribution is 6.61. The molecule has 0 bridgehead atoms. The molecule has 1 aliphatic rings. The van der Waals surface area contributed by atoms with Crippen molar-refractivity contribution in [3.05, 3.63) is 83.9 Å². The van der Waals surface area contributed by atoms with E-state index in [0.29, 0.717) is 22.5 Å². The molecule has 0 radical (unpaired) electrons. The molecule has 0 amide bonds. The van der Waals surface area contributed by atoms with Crippen molar-refractivity contribution in [2.24, 2.45) is 0 Å². The zero-order valence-electron chi connectivity index (χ0n) is 19.7. The molecule has 5 rings (SSSR count). The molecule has 1 saturated heterocycles. The van der Waals surface area contributed by atoms with Crippen molar-refractivity contribution in [3.63, 3.8) is 0 Å². The van der Waals surface area contributed by atoms with Crippen LogP contribution in [0.5, 0.6) is 0 Å². The molecule has 1 fully saturated rings. The first kappa shape index (κ1) is 22.7. The third-order valence-electron chi connectivity index (χ3n) is 6.48. The summed E-state index contributed by atoms with van der Waals surface area (Å²) in [5, 5.41) is 0.580. The number of aromatic nitrogens is 3. The Kier molecular flexibility index (Phi) is 5.76. The van der Waals surface area contributed by atoms with Crippen LogP contribution in [0.2, 0.25) is 5.02 Å². The fourth-order valence-corrected chi connectivity index (χ4v) is 4.11. The molecule has 1 N–H and O–H groups in total. The third kappa shape index (κ3) is 4.37. The van der Waals surface area contributed by atoms with E-state index in [1.165, 1.54) is 0 Å². The van der Waals surface area contributed by atoms with Gasteiger partial charge in [-0.3, -0.25) is 0 Å². The van der Waals surface area contributed by atoms with E-state index in [1.54, 1.807) is 0 Å². The second-order valence-electron chi connectivity index (χ2n) is 9.48. The number of rotatable bonds is 4. The van der Waals surface area contributed by atoms with Gasteiger partial charge in [-0.25, -0.2) is 15.0 Å². The molecular weight excluding hydrogens is 445 g/mol. The quantitative estimate of drug-likeness (QED) is 0.298. The summed E-state index contributed by atoms with van der Waals surface area (Å²) in [7, 11) is -0.411. The summed E-state index contributed by atoms with van der Waals surface area (Å²) in [6.07, 6.45) is 0. The van der Waals surface area contributed by atoms with Gasteiger partial charge in [0.05, 0.1) is 5.46 Å². The Morgan fingerprint density at radius 1 is 0.706 bits per heavy atom. The molecule has 1 aliphatic heterocycles. The Hall–Kier alpha value is -3.06. The average molecular weight is 471 g/mol. The van der Waals surface area contributed by atoms with Crippen molar-refractivity contribution >= 4 is 24.2 Å². The van der Waals surface area contributed by atoms with Crippen LogP contribution in [0.1, 0.15) is 27.7 Å². The molecule has 1 aromatic heterocycles. The van der Waals surface area contributed by atoms with Gasteiger partial charge in [0.25, 0.3) is 0 Å². The van der Waals surface area contributed by atoms with Gasteiger partial charge in [0.1, 0.15) is 5.60 Å². The molecule has 2 heterocycles. The SMILES string of the molecule is CC1(C)OB(c2cc(Cl)cc(-c3nc(-c4ccccc4)nc(-c4ccccc4)n3)c2)[OH+]C1(C)C. The van der Waals surface area contributed by atoms with Crippen LogP contribution in [-0.4, -0.2) is 37.9 Å². The first-order valence-electron chi connectivity index (χ1n) is 11.3. The van der Waals surface area contributed by atoms with E-state index < -0.39 is 12.7 Å². The number of aliphatic hydroxyl groups is 1. The highest BCUT2D eigenvalue weighted by Crippen LogP contribution is 2.35. The summed E-state index contributed by atoms with van der Waals surface area (Å²) >= 11 is 6.57. The van der Waals surface area contributed by atoms with Crippen LogP contribution in [0.4, 0.5) is 0 Å². The number of benzene rings is 3. The number of nitrogens with zero attached hydrogens (tertiary/aromatic N) is 3. The molecule has 0 aliphatic carbocycles. The minimum absolute atomic E-state index is 0.325. The van der Waals surface area contributed by atoms with Crippen molar-refractivity contribution in [3.8, 4) is 34.2 Å². The Morgan fingerprint density at radius 3 is 1.68 bits per heavy atom. The second-order valence-corrected chi connectivity index (χ2v) is 9.92. The Labute approximate surface area is 205 Å². The molecule has 4 aromatic rings. The first-order valence-corrected chi connectivity index (χ1v) is 11.7. The summed E-state index contributed by atoms with van der Waals surface area (Å²) in [6.45, 7) is 8.30. The Balaban J connectivity index is 1.62. The zero-order chi connectivity index (χ0) is 23.9. The normalized spacial score (nSPS) is 16.6. The lowest BCUT2D eigenvalue weighted by molar-refractivity contribution is -0.0705. The maximum atomic E-state index is 6.57. The first-order chi connectivity index (χ1) is 16.2. The Morgan fingerprint density at radius 2 is 1.21 bits per heavy atom. The number of halogens is 1. The molecule has 5 nitrogen and oxygen atoms in total. The fourth-order valence-electron chi connectivity index (χ4n) is 3.86. The summed E-state index contributed by atoms with van der Waals surface area (Å²) in [4.78, 5) is 14.4. The minimum atomic E-state index is -0.411. The lowest BCUT2D eigenvalue weighted by Gasteiger charge is -2.28. The van der Waals surface area contributed by atoms with Gasteiger partial charge in [-0.1, -0.05) is 72.3 Å². The van der Waals surface area contributed by atoms with Crippen LogP contribution >= 0.6 is 11.6 Å². The summed E-state index contributed by atoms with van der Waals surface area (Å²) in [5.41, 5.74) is 2.79. The van der Waals surface area contributed by atoms with Crippen molar-refractivity contribution in [1.29, 1.82) is 0 Å². The topological polar surface area (TPSA) is 60.7 Å².